The lowest BCUT2D eigenvalue weighted by Gasteiger charge is -2.38. The standard InChI is InChI=1S/C23H29N3O2/c1-18-7-6-10-21(24-18)22(27)26-13-11-23(12-14-26)15-20(17-28-23)25(2)16-19-8-4-3-5-9-19/h3-10,20H,11-17H2,1-2H3. The van der Waals surface area contributed by atoms with Gasteiger partial charge in [-0.3, -0.25) is 9.69 Å². The highest BCUT2D eigenvalue weighted by Crippen LogP contribution is 2.38. The van der Waals surface area contributed by atoms with Crippen LogP contribution in [-0.2, 0) is 11.3 Å². The van der Waals surface area contributed by atoms with Crippen LogP contribution in [0.15, 0.2) is 48.5 Å². The van der Waals surface area contributed by atoms with Crippen LogP contribution in [0.1, 0.15) is 41.0 Å². The molecule has 2 aliphatic rings. The van der Waals surface area contributed by atoms with Gasteiger partial charge in [0, 0.05) is 31.4 Å². The predicted octanol–water partition coefficient (Wildman–Crippen LogP) is 3.29. The average molecular weight is 380 g/mol. The fourth-order valence-electron chi connectivity index (χ4n) is 4.39. The molecule has 0 bridgehead atoms. The third-order valence-electron chi connectivity index (χ3n) is 6.16. The normalized spacial score (nSPS) is 21.4. The van der Waals surface area contributed by atoms with E-state index in [-0.39, 0.29) is 11.5 Å². The van der Waals surface area contributed by atoms with E-state index in [0.29, 0.717) is 11.7 Å². The fourth-order valence-corrected chi connectivity index (χ4v) is 4.39. The molecule has 1 aromatic heterocycles. The summed E-state index contributed by atoms with van der Waals surface area (Å²) in [7, 11) is 2.18. The first-order valence-corrected chi connectivity index (χ1v) is 10.2. The summed E-state index contributed by atoms with van der Waals surface area (Å²) >= 11 is 0. The largest absolute Gasteiger partial charge is 0.373 e. The van der Waals surface area contributed by atoms with E-state index in [4.69, 9.17) is 4.74 Å². The lowest BCUT2D eigenvalue weighted by Crippen LogP contribution is -2.47. The van der Waals surface area contributed by atoms with E-state index < -0.39 is 0 Å². The maximum Gasteiger partial charge on any atom is 0.272 e. The van der Waals surface area contributed by atoms with Crippen molar-refractivity contribution >= 4 is 5.91 Å². The molecule has 28 heavy (non-hydrogen) atoms. The third-order valence-corrected chi connectivity index (χ3v) is 6.16. The van der Waals surface area contributed by atoms with Crippen LogP contribution in [0, 0.1) is 6.92 Å². The number of piperidine rings is 1. The molecule has 3 heterocycles. The van der Waals surface area contributed by atoms with E-state index in [0.717, 1.165) is 51.2 Å². The minimum atomic E-state index is -0.0770. The Hall–Kier alpha value is -2.24. The van der Waals surface area contributed by atoms with E-state index in [1.807, 2.05) is 24.0 Å². The van der Waals surface area contributed by atoms with Crippen molar-refractivity contribution < 1.29 is 9.53 Å². The molecule has 5 heteroatoms. The first kappa shape index (κ1) is 19.1. The number of aryl methyl sites for hydroxylation is 1. The van der Waals surface area contributed by atoms with Crippen molar-refractivity contribution in [2.45, 2.75) is 44.4 Å². The topological polar surface area (TPSA) is 45.7 Å². The number of pyridine rings is 1. The number of carbonyl (C=O) groups is 1. The molecule has 0 aliphatic carbocycles. The number of carbonyl (C=O) groups excluding carboxylic acids is 1. The molecule has 2 fully saturated rings. The summed E-state index contributed by atoms with van der Waals surface area (Å²) in [6.45, 7) is 5.11. The number of likely N-dealkylation sites (N-methyl/N-ethyl adjacent to an activating group) is 1. The van der Waals surface area contributed by atoms with Crippen molar-refractivity contribution in [3.63, 3.8) is 0 Å². The van der Waals surface area contributed by atoms with Gasteiger partial charge in [-0.2, -0.15) is 0 Å². The Balaban J connectivity index is 1.32. The number of aromatic nitrogens is 1. The van der Waals surface area contributed by atoms with Gasteiger partial charge in [0.05, 0.1) is 12.2 Å². The van der Waals surface area contributed by atoms with Crippen molar-refractivity contribution in [1.82, 2.24) is 14.8 Å². The second kappa shape index (κ2) is 8.02. The fraction of sp³-hybridized carbons (Fsp3) is 0.478. The Bertz CT molecular complexity index is 816. The second-order valence-corrected chi connectivity index (χ2v) is 8.21. The third kappa shape index (κ3) is 4.10. The number of nitrogens with zero attached hydrogens (tertiary/aromatic N) is 3. The SMILES string of the molecule is Cc1cccc(C(=O)N2CCC3(CC2)CC(N(C)Cc2ccccc2)CO3)n1. The lowest BCUT2D eigenvalue weighted by atomic mass is 9.87. The van der Waals surface area contributed by atoms with Crippen LogP contribution in [0.2, 0.25) is 0 Å². The number of rotatable bonds is 4. The van der Waals surface area contributed by atoms with Gasteiger partial charge in [-0.25, -0.2) is 4.98 Å². The van der Waals surface area contributed by atoms with E-state index in [1.165, 1.54) is 5.56 Å². The first-order chi connectivity index (χ1) is 13.5. The second-order valence-electron chi connectivity index (χ2n) is 8.21. The van der Waals surface area contributed by atoms with E-state index in [2.05, 4.69) is 47.3 Å². The molecular formula is C23H29N3O2. The molecule has 0 saturated carbocycles. The van der Waals surface area contributed by atoms with Crippen LogP contribution in [0.4, 0.5) is 0 Å². The van der Waals surface area contributed by atoms with Crippen molar-refractivity contribution in [3.05, 3.63) is 65.5 Å². The number of likely N-dealkylation sites (tertiary alicyclic amines) is 1. The summed E-state index contributed by atoms with van der Waals surface area (Å²) in [4.78, 5) is 21.5. The maximum absolute atomic E-state index is 12.7. The minimum absolute atomic E-state index is 0.0364. The quantitative estimate of drug-likeness (QED) is 0.818. The zero-order valence-electron chi connectivity index (χ0n) is 16.8. The molecule has 148 valence electrons. The lowest BCUT2D eigenvalue weighted by molar-refractivity contribution is -0.0394. The monoisotopic (exact) mass is 379 g/mol. The van der Waals surface area contributed by atoms with E-state index in [9.17, 15) is 4.79 Å². The van der Waals surface area contributed by atoms with Gasteiger partial charge in [-0.05, 0) is 50.9 Å². The smallest absolute Gasteiger partial charge is 0.272 e. The van der Waals surface area contributed by atoms with Gasteiger partial charge in [0.15, 0.2) is 0 Å². The summed E-state index contributed by atoms with van der Waals surface area (Å²) in [6.07, 6.45) is 2.85. The van der Waals surface area contributed by atoms with Crippen LogP contribution in [-0.4, -0.2) is 59.1 Å². The minimum Gasteiger partial charge on any atom is -0.373 e. The highest BCUT2D eigenvalue weighted by Gasteiger charge is 2.44. The van der Waals surface area contributed by atoms with Crippen molar-refractivity contribution in [1.29, 1.82) is 0 Å². The molecule has 1 atom stereocenters. The zero-order valence-corrected chi connectivity index (χ0v) is 16.8. The molecule has 0 radical (unpaired) electrons. The Morgan fingerprint density at radius 3 is 2.64 bits per heavy atom. The van der Waals surface area contributed by atoms with E-state index in [1.54, 1.807) is 6.07 Å². The molecule has 0 N–H and O–H groups in total. The van der Waals surface area contributed by atoms with Crippen LogP contribution in [0.3, 0.4) is 0 Å². The molecule has 1 spiro atoms. The van der Waals surface area contributed by atoms with Gasteiger partial charge < -0.3 is 9.64 Å². The molecule has 2 aromatic rings. The summed E-state index contributed by atoms with van der Waals surface area (Å²) < 4.78 is 6.31. The van der Waals surface area contributed by atoms with Gasteiger partial charge >= 0.3 is 0 Å². The Labute approximate surface area is 167 Å². The molecule has 5 nitrogen and oxygen atoms in total. The Kier molecular flexibility index (Phi) is 5.47. The Morgan fingerprint density at radius 2 is 1.93 bits per heavy atom. The summed E-state index contributed by atoms with van der Waals surface area (Å²) in [5.74, 6) is 0.0364. The molecule has 2 saturated heterocycles. The predicted molar refractivity (Wildman–Crippen MR) is 109 cm³/mol. The molecular weight excluding hydrogens is 350 g/mol. The van der Waals surface area contributed by atoms with Crippen LogP contribution >= 0.6 is 0 Å². The summed E-state index contributed by atoms with van der Waals surface area (Å²) in [5, 5.41) is 0. The number of hydrogen-bond acceptors (Lipinski definition) is 4. The number of hydrogen-bond donors (Lipinski definition) is 0. The number of benzene rings is 1. The zero-order chi connectivity index (χ0) is 19.6. The van der Waals surface area contributed by atoms with Gasteiger partial charge in [-0.15, -0.1) is 0 Å². The van der Waals surface area contributed by atoms with Crippen molar-refractivity contribution in [2.24, 2.45) is 0 Å². The van der Waals surface area contributed by atoms with Crippen molar-refractivity contribution in [2.75, 3.05) is 26.7 Å². The highest BCUT2D eigenvalue weighted by molar-refractivity contribution is 5.92. The van der Waals surface area contributed by atoms with Gasteiger partial charge in [0.2, 0.25) is 0 Å². The first-order valence-electron chi connectivity index (χ1n) is 10.2. The van der Waals surface area contributed by atoms with Crippen LogP contribution in [0.25, 0.3) is 0 Å². The maximum atomic E-state index is 12.7. The van der Waals surface area contributed by atoms with Crippen LogP contribution in [0.5, 0.6) is 0 Å². The summed E-state index contributed by atoms with van der Waals surface area (Å²) in [5.41, 5.74) is 2.68. The molecule has 2 aliphatic heterocycles. The van der Waals surface area contributed by atoms with Gasteiger partial charge in [0.25, 0.3) is 5.91 Å². The average Bonchev–Trinajstić information content (AvgIpc) is 3.13. The van der Waals surface area contributed by atoms with Crippen LogP contribution < -0.4 is 0 Å². The van der Waals surface area contributed by atoms with Gasteiger partial charge in [-0.1, -0.05) is 36.4 Å². The molecule has 1 amide bonds. The van der Waals surface area contributed by atoms with E-state index >= 15 is 0 Å². The van der Waals surface area contributed by atoms with Crippen molar-refractivity contribution in [3.8, 4) is 0 Å². The molecule has 1 aromatic carbocycles. The van der Waals surface area contributed by atoms with Gasteiger partial charge in [0.1, 0.15) is 5.69 Å². The molecule has 1 unspecified atom stereocenters. The number of ether oxygens (including phenoxy) is 1. The summed E-state index contributed by atoms with van der Waals surface area (Å²) in [6, 6.07) is 16.6. The number of amides is 1. The molecule has 4 rings (SSSR count). The highest BCUT2D eigenvalue weighted by atomic mass is 16.5. The Morgan fingerprint density at radius 1 is 1.18 bits per heavy atom.